The molecule has 1 aliphatic rings. The molecule has 0 atom stereocenters. The van der Waals surface area contributed by atoms with Crippen LogP contribution in [0.3, 0.4) is 0 Å². The predicted molar refractivity (Wildman–Crippen MR) is 110 cm³/mol. The van der Waals surface area contributed by atoms with E-state index in [1.54, 1.807) is 18.4 Å². The van der Waals surface area contributed by atoms with Gasteiger partial charge in [0.1, 0.15) is 22.6 Å². The summed E-state index contributed by atoms with van der Waals surface area (Å²) in [7, 11) is 1.49. The second-order valence-corrected chi connectivity index (χ2v) is 6.90. The third-order valence-electron chi connectivity index (χ3n) is 5.10. The van der Waals surface area contributed by atoms with Gasteiger partial charge in [0, 0.05) is 19.6 Å². The molecule has 1 fully saturated rings. The van der Waals surface area contributed by atoms with Crippen molar-refractivity contribution in [2.24, 2.45) is 0 Å². The maximum Gasteiger partial charge on any atom is 0.193 e. The molecule has 0 radical (unpaired) electrons. The van der Waals surface area contributed by atoms with Crippen molar-refractivity contribution in [2.45, 2.75) is 6.54 Å². The van der Waals surface area contributed by atoms with E-state index in [0.717, 1.165) is 18.7 Å². The number of morpholine rings is 1. The van der Waals surface area contributed by atoms with Gasteiger partial charge in [0.15, 0.2) is 5.78 Å². The van der Waals surface area contributed by atoms with Crippen molar-refractivity contribution >= 4 is 22.8 Å². The minimum atomic E-state index is -0.325. The Kier molecular flexibility index (Phi) is 5.64. The second kappa shape index (κ2) is 8.51. The van der Waals surface area contributed by atoms with Crippen LogP contribution in [0.1, 0.15) is 21.5 Å². The molecule has 150 valence electrons. The third-order valence-corrected chi connectivity index (χ3v) is 5.10. The molecule has 1 saturated heterocycles. The van der Waals surface area contributed by atoms with Crippen LogP contribution in [0.15, 0.2) is 53.2 Å². The summed E-state index contributed by atoms with van der Waals surface area (Å²) in [6.07, 6.45) is 4.73. The van der Waals surface area contributed by atoms with Crippen LogP contribution >= 0.6 is 0 Å². The summed E-state index contributed by atoms with van der Waals surface area (Å²) in [5.41, 5.74) is 2.17. The van der Waals surface area contributed by atoms with Crippen molar-refractivity contribution < 1.29 is 23.8 Å². The first kappa shape index (κ1) is 19.2. The molecule has 0 bridgehead atoms. The number of nitrogens with zero attached hydrogens (tertiary/aromatic N) is 1. The van der Waals surface area contributed by atoms with E-state index in [1.807, 2.05) is 30.3 Å². The summed E-state index contributed by atoms with van der Waals surface area (Å²) in [6.45, 7) is 3.26. The Morgan fingerprint density at radius 1 is 1.21 bits per heavy atom. The number of ether oxygens (including phenoxy) is 2. The van der Waals surface area contributed by atoms with Gasteiger partial charge in [-0.3, -0.25) is 9.69 Å². The Morgan fingerprint density at radius 3 is 2.69 bits per heavy atom. The third kappa shape index (κ3) is 3.90. The first-order valence-corrected chi connectivity index (χ1v) is 9.55. The number of furan rings is 1. The second-order valence-electron chi connectivity index (χ2n) is 6.90. The number of hydrogen-bond acceptors (Lipinski definition) is 6. The first-order chi connectivity index (χ1) is 14.2. The van der Waals surface area contributed by atoms with Gasteiger partial charge in [-0.15, -0.1) is 0 Å². The van der Waals surface area contributed by atoms with Gasteiger partial charge in [0.25, 0.3) is 0 Å². The molecule has 2 heterocycles. The number of phenolic OH excluding ortho intramolecular Hbond substituents is 1. The summed E-state index contributed by atoms with van der Waals surface area (Å²) in [6, 6.07) is 11.3. The minimum absolute atomic E-state index is 0.0986. The van der Waals surface area contributed by atoms with Gasteiger partial charge in [0.2, 0.25) is 0 Å². The van der Waals surface area contributed by atoms with E-state index in [0.29, 0.717) is 42.0 Å². The van der Waals surface area contributed by atoms with Crippen molar-refractivity contribution in [3.8, 4) is 11.5 Å². The largest absolute Gasteiger partial charge is 0.507 e. The molecule has 3 aromatic rings. The number of methoxy groups -OCH3 is 1. The van der Waals surface area contributed by atoms with Gasteiger partial charge < -0.3 is 19.0 Å². The Balaban J connectivity index is 1.76. The number of phenols is 1. The number of rotatable bonds is 6. The zero-order valence-corrected chi connectivity index (χ0v) is 16.3. The van der Waals surface area contributed by atoms with Crippen LogP contribution < -0.4 is 4.74 Å². The molecule has 6 heteroatoms. The molecule has 4 rings (SSSR count). The molecule has 2 aromatic carbocycles. The Hall–Kier alpha value is -3.09. The van der Waals surface area contributed by atoms with Crippen molar-refractivity contribution in [3.63, 3.8) is 0 Å². The zero-order chi connectivity index (χ0) is 20.2. The Labute approximate surface area is 168 Å². The lowest BCUT2D eigenvalue weighted by Crippen LogP contribution is -2.35. The molecule has 0 amide bonds. The lowest BCUT2D eigenvalue weighted by molar-refractivity contribution is 0.0339. The number of allylic oxidation sites excluding steroid dienone is 1. The summed E-state index contributed by atoms with van der Waals surface area (Å²) in [4.78, 5) is 15.2. The van der Waals surface area contributed by atoms with Crippen LogP contribution in [-0.2, 0) is 11.3 Å². The van der Waals surface area contributed by atoms with Gasteiger partial charge in [-0.1, -0.05) is 36.4 Å². The predicted octanol–water partition coefficient (Wildman–Crippen LogP) is 3.88. The smallest absolute Gasteiger partial charge is 0.193 e. The number of carbonyl (C=O) groups is 1. The summed E-state index contributed by atoms with van der Waals surface area (Å²) in [5, 5.41) is 11.7. The fraction of sp³-hybridized carbons (Fsp3) is 0.261. The van der Waals surface area contributed by atoms with Crippen LogP contribution in [0.2, 0.25) is 0 Å². The topological polar surface area (TPSA) is 72.1 Å². The van der Waals surface area contributed by atoms with Gasteiger partial charge >= 0.3 is 0 Å². The Bertz CT molecular complexity index is 1030. The average molecular weight is 393 g/mol. The zero-order valence-electron chi connectivity index (χ0n) is 16.3. The quantitative estimate of drug-likeness (QED) is 0.506. The lowest BCUT2D eigenvalue weighted by Gasteiger charge is -2.27. The fourth-order valence-corrected chi connectivity index (χ4v) is 3.61. The van der Waals surface area contributed by atoms with E-state index in [-0.39, 0.29) is 17.1 Å². The number of benzene rings is 2. The van der Waals surface area contributed by atoms with Gasteiger partial charge in [-0.2, -0.15) is 0 Å². The highest BCUT2D eigenvalue weighted by atomic mass is 16.5. The van der Waals surface area contributed by atoms with E-state index < -0.39 is 0 Å². The summed E-state index contributed by atoms with van der Waals surface area (Å²) in [5.74, 6) is -0.104. The fourth-order valence-electron chi connectivity index (χ4n) is 3.61. The van der Waals surface area contributed by atoms with E-state index >= 15 is 0 Å². The Morgan fingerprint density at radius 2 is 1.97 bits per heavy atom. The highest BCUT2D eigenvalue weighted by molar-refractivity contribution is 6.14. The monoisotopic (exact) mass is 393 g/mol. The van der Waals surface area contributed by atoms with Crippen molar-refractivity contribution in [3.05, 3.63) is 65.4 Å². The van der Waals surface area contributed by atoms with Crippen LogP contribution in [0.5, 0.6) is 11.5 Å². The normalized spacial score (nSPS) is 15.2. The van der Waals surface area contributed by atoms with Crippen molar-refractivity contribution in [2.75, 3.05) is 33.4 Å². The SMILES string of the molecule is COc1c(C(=O)/C=C/c2ccccc2)c(O)c(CN2CCOCC2)c2occc12. The molecule has 0 saturated carbocycles. The molecular formula is C23H23NO5. The number of fused-ring (bicyclic) bond motifs is 1. The molecule has 0 aliphatic carbocycles. The molecule has 29 heavy (non-hydrogen) atoms. The van der Waals surface area contributed by atoms with Gasteiger partial charge in [-0.25, -0.2) is 0 Å². The van der Waals surface area contributed by atoms with E-state index in [2.05, 4.69) is 4.90 Å². The lowest BCUT2D eigenvalue weighted by atomic mass is 9.99. The first-order valence-electron chi connectivity index (χ1n) is 9.55. The highest BCUT2D eigenvalue weighted by Crippen LogP contribution is 2.42. The van der Waals surface area contributed by atoms with E-state index in [4.69, 9.17) is 13.9 Å². The van der Waals surface area contributed by atoms with Crippen LogP contribution in [-0.4, -0.2) is 49.2 Å². The number of hydrogen-bond donors (Lipinski definition) is 1. The van der Waals surface area contributed by atoms with Crippen LogP contribution in [0.4, 0.5) is 0 Å². The maximum absolute atomic E-state index is 13.0. The summed E-state index contributed by atoms with van der Waals surface area (Å²) < 4.78 is 16.6. The van der Waals surface area contributed by atoms with E-state index in [1.165, 1.54) is 13.2 Å². The number of carbonyl (C=O) groups excluding carboxylic acids is 1. The van der Waals surface area contributed by atoms with Gasteiger partial charge in [0.05, 0.1) is 37.5 Å². The molecule has 1 N–H and O–H groups in total. The number of aromatic hydroxyl groups is 1. The summed E-state index contributed by atoms with van der Waals surface area (Å²) >= 11 is 0. The van der Waals surface area contributed by atoms with Crippen molar-refractivity contribution in [1.82, 2.24) is 4.90 Å². The van der Waals surface area contributed by atoms with E-state index in [9.17, 15) is 9.90 Å². The molecule has 1 aliphatic heterocycles. The minimum Gasteiger partial charge on any atom is -0.507 e. The molecule has 0 unspecified atom stereocenters. The molecule has 0 spiro atoms. The average Bonchev–Trinajstić information content (AvgIpc) is 3.24. The number of ketones is 1. The van der Waals surface area contributed by atoms with Gasteiger partial charge in [-0.05, 0) is 17.7 Å². The standard InChI is InChI=1S/C23H23NO5/c1-27-23-17-9-12-29-22(17)18(15-24-10-13-28-14-11-24)21(26)20(23)19(25)8-7-16-5-3-2-4-6-16/h2-9,12,26H,10-11,13-15H2,1H3/b8-7+. The molecular weight excluding hydrogens is 370 g/mol. The highest BCUT2D eigenvalue weighted by Gasteiger charge is 2.27. The molecule has 1 aromatic heterocycles. The van der Waals surface area contributed by atoms with Crippen LogP contribution in [0, 0.1) is 0 Å². The molecule has 6 nitrogen and oxygen atoms in total. The van der Waals surface area contributed by atoms with Crippen LogP contribution in [0.25, 0.3) is 17.0 Å². The maximum atomic E-state index is 13.0. The van der Waals surface area contributed by atoms with Crippen molar-refractivity contribution in [1.29, 1.82) is 0 Å².